The normalized spacial score (nSPS) is 17.0. The zero-order valence-electron chi connectivity index (χ0n) is 16.6. The van der Waals surface area contributed by atoms with Crippen LogP contribution in [0.15, 0.2) is 60.7 Å². The van der Waals surface area contributed by atoms with E-state index in [2.05, 4.69) is 7.05 Å². The summed E-state index contributed by atoms with van der Waals surface area (Å²) in [5, 5.41) is 0. The Balaban J connectivity index is 1.57. The molecular formula is C23H30NO4+. The first-order chi connectivity index (χ1) is 13.6. The Labute approximate surface area is 167 Å². The fourth-order valence-corrected chi connectivity index (χ4v) is 3.45. The highest BCUT2D eigenvalue weighted by molar-refractivity contribution is 5.72. The second-order valence-corrected chi connectivity index (χ2v) is 7.64. The van der Waals surface area contributed by atoms with Gasteiger partial charge in [0.2, 0.25) is 0 Å². The molecule has 1 saturated heterocycles. The van der Waals surface area contributed by atoms with Crippen LogP contribution in [0.2, 0.25) is 0 Å². The van der Waals surface area contributed by atoms with E-state index in [-0.39, 0.29) is 18.5 Å². The number of benzene rings is 2. The van der Waals surface area contributed by atoms with Gasteiger partial charge < -0.3 is 18.7 Å². The maximum atomic E-state index is 12.5. The van der Waals surface area contributed by atoms with E-state index in [9.17, 15) is 4.79 Å². The van der Waals surface area contributed by atoms with Crippen LogP contribution in [0.4, 0.5) is 0 Å². The number of esters is 1. The third-order valence-electron chi connectivity index (χ3n) is 5.10. The molecule has 0 spiro atoms. The van der Waals surface area contributed by atoms with Gasteiger partial charge in [-0.2, -0.15) is 0 Å². The smallest absolute Gasteiger partial charge is 0.310 e. The molecule has 0 unspecified atom stereocenters. The minimum atomic E-state index is -0.275. The van der Waals surface area contributed by atoms with Gasteiger partial charge in [0, 0.05) is 0 Å². The van der Waals surface area contributed by atoms with Crippen LogP contribution in [0.3, 0.4) is 0 Å². The van der Waals surface area contributed by atoms with Gasteiger partial charge in [-0.15, -0.1) is 0 Å². The molecule has 0 amide bonds. The van der Waals surface area contributed by atoms with Gasteiger partial charge >= 0.3 is 5.97 Å². The van der Waals surface area contributed by atoms with Crippen molar-refractivity contribution in [3.63, 3.8) is 0 Å². The van der Waals surface area contributed by atoms with E-state index in [0.717, 1.165) is 48.5 Å². The Hall–Kier alpha value is -2.21. The van der Waals surface area contributed by atoms with Gasteiger partial charge in [0.05, 0.1) is 39.9 Å². The van der Waals surface area contributed by atoms with Crippen molar-refractivity contribution < 1.29 is 23.5 Å². The number of quaternary nitrogens is 1. The van der Waals surface area contributed by atoms with E-state index in [1.165, 1.54) is 0 Å². The van der Waals surface area contributed by atoms with Crippen LogP contribution >= 0.6 is 0 Å². The van der Waals surface area contributed by atoms with Crippen LogP contribution in [-0.2, 0) is 32.0 Å². The number of rotatable bonds is 9. The molecule has 0 N–H and O–H groups in total. The summed E-state index contributed by atoms with van der Waals surface area (Å²) in [4.78, 5) is 12.5. The quantitative estimate of drug-likeness (QED) is 0.493. The van der Waals surface area contributed by atoms with Crippen LogP contribution in [0.25, 0.3) is 0 Å². The molecule has 0 radical (unpaired) electrons. The average Bonchev–Trinajstić information content (AvgIpc) is 2.69. The SMILES string of the molecule is C[N+]1(C[C@@H](COCc2ccccc2)OC(=O)Cc2ccccc2)CCOCC1. The second kappa shape index (κ2) is 10.4. The van der Waals surface area contributed by atoms with Crippen LogP contribution in [-0.4, -0.2) is 63.1 Å². The summed E-state index contributed by atoms with van der Waals surface area (Å²) in [7, 11) is 2.19. The second-order valence-electron chi connectivity index (χ2n) is 7.64. The summed E-state index contributed by atoms with van der Waals surface area (Å²) >= 11 is 0. The lowest BCUT2D eigenvalue weighted by atomic mass is 10.1. The molecule has 1 heterocycles. The predicted octanol–water partition coefficient (Wildman–Crippen LogP) is 2.83. The van der Waals surface area contributed by atoms with Gasteiger partial charge in [-0.3, -0.25) is 4.79 Å². The van der Waals surface area contributed by atoms with E-state index in [4.69, 9.17) is 14.2 Å². The molecule has 150 valence electrons. The topological polar surface area (TPSA) is 44.8 Å². The molecule has 0 aliphatic carbocycles. The first-order valence-corrected chi connectivity index (χ1v) is 9.89. The van der Waals surface area contributed by atoms with Crippen molar-refractivity contribution in [3.05, 3.63) is 71.8 Å². The molecule has 0 aromatic heterocycles. The molecule has 2 aromatic rings. The average molecular weight is 384 g/mol. The number of carbonyl (C=O) groups is 1. The fraction of sp³-hybridized carbons (Fsp3) is 0.435. The monoisotopic (exact) mass is 384 g/mol. The predicted molar refractivity (Wildman–Crippen MR) is 108 cm³/mol. The van der Waals surface area contributed by atoms with E-state index in [1.54, 1.807) is 0 Å². The molecule has 1 atom stereocenters. The molecule has 1 aliphatic rings. The van der Waals surface area contributed by atoms with Crippen molar-refractivity contribution in [2.75, 3.05) is 46.5 Å². The number of nitrogens with zero attached hydrogens (tertiary/aromatic N) is 1. The number of carbonyl (C=O) groups excluding carboxylic acids is 1. The highest BCUT2D eigenvalue weighted by Gasteiger charge is 2.31. The first-order valence-electron chi connectivity index (χ1n) is 9.89. The molecule has 5 nitrogen and oxygen atoms in total. The molecule has 1 aliphatic heterocycles. The minimum Gasteiger partial charge on any atom is -0.454 e. The zero-order chi connectivity index (χ0) is 19.7. The summed E-state index contributed by atoms with van der Waals surface area (Å²) in [5.41, 5.74) is 2.08. The lowest BCUT2D eigenvalue weighted by Gasteiger charge is -2.39. The van der Waals surface area contributed by atoms with Crippen molar-refractivity contribution >= 4 is 5.97 Å². The number of morpholine rings is 1. The largest absolute Gasteiger partial charge is 0.454 e. The first kappa shape index (κ1) is 20.5. The Morgan fingerprint density at radius 1 is 1.00 bits per heavy atom. The maximum absolute atomic E-state index is 12.5. The maximum Gasteiger partial charge on any atom is 0.310 e. The summed E-state index contributed by atoms with van der Waals surface area (Å²) < 4.78 is 18.1. The molecule has 3 rings (SSSR count). The number of hydrogen-bond donors (Lipinski definition) is 0. The van der Waals surface area contributed by atoms with E-state index < -0.39 is 0 Å². The van der Waals surface area contributed by atoms with Gasteiger partial charge in [0.25, 0.3) is 0 Å². The number of likely N-dealkylation sites (N-methyl/N-ethyl adjacent to an activating group) is 1. The van der Waals surface area contributed by atoms with Gasteiger partial charge in [-0.1, -0.05) is 60.7 Å². The number of ether oxygens (including phenoxy) is 3. The molecule has 1 fully saturated rings. The molecule has 5 heteroatoms. The van der Waals surface area contributed by atoms with Gasteiger partial charge in [0.1, 0.15) is 19.6 Å². The van der Waals surface area contributed by atoms with Crippen LogP contribution < -0.4 is 0 Å². The van der Waals surface area contributed by atoms with E-state index in [0.29, 0.717) is 13.2 Å². The van der Waals surface area contributed by atoms with E-state index >= 15 is 0 Å². The Bertz CT molecular complexity index is 714. The van der Waals surface area contributed by atoms with Crippen LogP contribution in [0.1, 0.15) is 11.1 Å². The Morgan fingerprint density at radius 2 is 1.61 bits per heavy atom. The standard InChI is InChI=1S/C23H30NO4/c1-24(12-14-26-15-13-24)17-22(19-27-18-21-10-6-3-7-11-21)28-23(25)16-20-8-4-2-5-9-20/h2-11,22H,12-19H2,1H3/q+1/t22-/m0/s1. The molecule has 0 saturated carbocycles. The summed E-state index contributed by atoms with van der Waals surface area (Å²) in [6.45, 7) is 4.97. The van der Waals surface area contributed by atoms with Crippen molar-refractivity contribution in [1.29, 1.82) is 0 Å². The van der Waals surface area contributed by atoms with Crippen molar-refractivity contribution in [2.45, 2.75) is 19.1 Å². The van der Waals surface area contributed by atoms with E-state index in [1.807, 2.05) is 60.7 Å². The third-order valence-corrected chi connectivity index (χ3v) is 5.10. The Kier molecular flexibility index (Phi) is 7.60. The zero-order valence-corrected chi connectivity index (χ0v) is 16.6. The Morgan fingerprint density at radius 3 is 2.25 bits per heavy atom. The van der Waals surface area contributed by atoms with Gasteiger partial charge in [0.15, 0.2) is 6.10 Å². The van der Waals surface area contributed by atoms with Crippen LogP contribution in [0, 0.1) is 0 Å². The van der Waals surface area contributed by atoms with Crippen molar-refractivity contribution in [3.8, 4) is 0 Å². The molecule has 2 aromatic carbocycles. The van der Waals surface area contributed by atoms with Gasteiger partial charge in [-0.25, -0.2) is 0 Å². The molecule has 28 heavy (non-hydrogen) atoms. The molecular weight excluding hydrogens is 354 g/mol. The lowest BCUT2D eigenvalue weighted by Crippen LogP contribution is -2.56. The van der Waals surface area contributed by atoms with Gasteiger partial charge in [-0.05, 0) is 11.1 Å². The summed E-state index contributed by atoms with van der Waals surface area (Å²) in [6.07, 6.45) is 0.00563. The van der Waals surface area contributed by atoms with Crippen LogP contribution in [0.5, 0.6) is 0 Å². The summed E-state index contributed by atoms with van der Waals surface area (Å²) in [5.74, 6) is -0.209. The number of hydrogen-bond acceptors (Lipinski definition) is 4. The molecule has 0 bridgehead atoms. The highest BCUT2D eigenvalue weighted by Crippen LogP contribution is 2.13. The third kappa shape index (κ3) is 6.75. The van der Waals surface area contributed by atoms with Crippen molar-refractivity contribution in [1.82, 2.24) is 0 Å². The van der Waals surface area contributed by atoms with Crippen molar-refractivity contribution in [2.24, 2.45) is 0 Å². The highest BCUT2D eigenvalue weighted by atomic mass is 16.6. The minimum absolute atomic E-state index is 0.209. The summed E-state index contributed by atoms with van der Waals surface area (Å²) in [6, 6.07) is 19.7. The lowest BCUT2D eigenvalue weighted by molar-refractivity contribution is -0.919. The fourth-order valence-electron chi connectivity index (χ4n) is 3.45.